The molecule has 2 amide bonds. The number of hydrogen-bond acceptors (Lipinski definition) is 3. The first kappa shape index (κ1) is 19.6. The molecular formula is C16H22ClF3N4O. The summed E-state index contributed by atoms with van der Waals surface area (Å²) in [4.78, 5) is 19.5. The highest BCUT2D eigenvalue weighted by atomic mass is 35.5. The van der Waals surface area contributed by atoms with Crippen LogP contribution in [0, 0.1) is 5.41 Å². The van der Waals surface area contributed by atoms with E-state index in [0.29, 0.717) is 38.5 Å². The second-order valence-corrected chi connectivity index (χ2v) is 7.63. The van der Waals surface area contributed by atoms with Crippen LogP contribution >= 0.6 is 11.6 Å². The predicted molar refractivity (Wildman–Crippen MR) is 90.9 cm³/mol. The summed E-state index contributed by atoms with van der Waals surface area (Å²) in [6, 6.07) is 0.743. The lowest BCUT2D eigenvalue weighted by Gasteiger charge is -2.36. The molecule has 0 atom stereocenters. The third-order valence-corrected chi connectivity index (χ3v) is 4.06. The van der Waals surface area contributed by atoms with Gasteiger partial charge in [0.2, 0.25) is 0 Å². The lowest BCUT2D eigenvalue weighted by atomic mass is 9.97. The third-order valence-electron chi connectivity index (χ3n) is 3.79. The fraction of sp³-hybridized carbons (Fsp3) is 0.625. The molecule has 140 valence electrons. The Bertz CT molecular complexity index is 623. The molecule has 0 bridgehead atoms. The molecule has 1 aromatic heterocycles. The van der Waals surface area contributed by atoms with Gasteiger partial charge in [0, 0.05) is 38.9 Å². The van der Waals surface area contributed by atoms with Gasteiger partial charge in [0.05, 0.1) is 10.6 Å². The summed E-state index contributed by atoms with van der Waals surface area (Å²) in [7, 11) is 0. The first-order valence-corrected chi connectivity index (χ1v) is 8.36. The number of rotatable bonds is 2. The molecule has 1 aromatic rings. The van der Waals surface area contributed by atoms with E-state index in [2.05, 4.69) is 10.3 Å². The van der Waals surface area contributed by atoms with Gasteiger partial charge in [-0.2, -0.15) is 13.2 Å². The van der Waals surface area contributed by atoms with Crippen LogP contribution in [-0.4, -0.2) is 48.6 Å². The predicted octanol–water partition coefficient (Wildman–Crippen LogP) is 3.63. The summed E-state index contributed by atoms with van der Waals surface area (Å²) in [5.74, 6) is 0.310. The maximum atomic E-state index is 12.7. The maximum Gasteiger partial charge on any atom is 0.417 e. The molecule has 1 aliphatic rings. The van der Waals surface area contributed by atoms with Crippen molar-refractivity contribution in [2.45, 2.75) is 26.9 Å². The average molecular weight is 379 g/mol. The van der Waals surface area contributed by atoms with E-state index in [9.17, 15) is 18.0 Å². The number of nitrogens with one attached hydrogen (secondary N) is 1. The van der Waals surface area contributed by atoms with Gasteiger partial charge in [-0.05, 0) is 11.5 Å². The molecule has 0 aliphatic carbocycles. The Morgan fingerprint density at radius 1 is 1.24 bits per heavy atom. The van der Waals surface area contributed by atoms with Crippen LogP contribution in [0.5, 0.6) is 0 Å². The van der Waals surface area contributed by atoms with Crippen molar-refractivity contribution >= 4 is 23.4 Å². The third kappa shape index (κ3) is 5.39. The van der Waals surface area contributed by atoms with E-state index in [1.807, 2.05) is 20.8 Å². The smallest absolute Gasteiger partial charge is 0.352 e. The van der Waals surface area contributed by atoms with Gasteiger partial charge in [-0.25, -0.2) is 9.78 Å². The molecule has 0 saturated carbocycles. The minimum atomic E-state index is -4.47. The Kier molecular flexibility index (Phi) is 5.71. The molecule has 1 aliphatic heterocycles. The lowest BCUT2D eigenvalue weighted by Crippen LogP contribution is -2.53. The van der Waals surface area contributed by atoms with Crippen molar-refractivity contribution in [3.05, 3.63) is 22.8 Å². The second kappa shape index (κ2) is 7.27. The van der Waals surface area contributed by atoms with E-state index >= 15 is 0 Å². The number of aromatic nitrogens is 1. The monoisotopic (exact) mass is 378 g/mol. The highest BCUT2D eigenvalue weighted by Crippen LogP contribution is 2.33. The van der Waals surface area contributed by atoms with Gasteiger partial charge in [0.15, 0.2) is 0 Å². The molecule has 1 N–H and O–H groups in total. The normalized spacial score (nSPS) is 16.1. The maximum absolute atomic E-state index is 12.7. The number of amides is 2. The largest absolute Gasteiger partial charge is 0.417 e. The lowest BCUT2D eigenvalue weighted by molar-refractivity contribution is -0.137. The van der Waals surface area contributed by atoms with Crippen LogP contribution in [0.3, 0.4) is 0 Å². The Balaban J connectivity index is 1.95. The van der Waals surface area contributed by atoms with Gasteiger partial charge in [0.25, 0.3) is 0 Å². The van der Waals surface area contributed by atoms with Crippen molar-refractivity contribution < 1.29 is 18.0 Å². The summed E-state index contributed by atoms with van der Waals surface area (Å²) in [5.41, 5.74) is -0.878. The molecule has 25 heavy (non-hydrogen) atoms. The summed E-state index contributed by atoms with van der Waals surface area (Å²) < 4.78 is 38.0. The van der Waals surface area contributed by atoms with Crippen LogP contribution in [0.4, 0.5) is 23.8 Å². The molecule has 2 heterocycles. The van der Waals surface area contributed by atoms with Crippen LogP contribution < -0.4 is 10.2 Å². The van der Waals surface area contributed by atoms with Crippen LogP contribution in [-0.2, 0) is 6.18 Å². The van der Waals surface area contributed by atoms with Crippen molar-refractivity contribution in [2.75, 3.05) is 37.6 Å². The zero-order valence-electron chi connectivity index (χ0n) is 14.5. The fourth-order valence-corrected chi connectivity index (χ4v) is 2.68. The Morgan fingerprint density at radius 2 is 1.84 bits per heavy atom. The Hall–Kier alpha value is -1.70. The zero-order chi connectivity index (χ0) is 18.8. The number of piperazine rings is 1. The van der Waals surface area contributed by atoms with Gasteiger partial charge >= 0.3 is 12.2 Å². The number of nitrogens with zero attached hydrogens (tertiary/aromatic N) is 3. The van der Waals surface area contributed by atoms with Crippen molar-refractivity contribution in [2.24, 2.45) is 5.41 Å². The number of urea groups is 1. The minimum Gasteiger partial charge on any atom is -0.352 e. The minimum absolute atomic E-state index is 0.00481. The molecule has 0 aromatic carbocycles. The number of carbonyl (C=O) groups excluding carboxylic acids is 1. The molecule has 1 saturated heterocycles. The van der Waals surface area contributed by atoms with Crippen LogP contribution in [0.1, 0.15) is 26.3 Å². The summed E-state index contributed by atoms with van der Waals surface area (Å²) in [5, 5.41) is 2.84. The second-order valence-electron chi connectivity index (χ2n) is 7.22. The first-order chi connectivity index (χ1) is 11.5. The quantitative estimate of drug-likeness (QED) is 0.854. The van der Waals surface area contributed by atoms with Gasteiger partial charge < -0.3 is 15.1 Å². The van der Waals surface area contributed by atoms with E-state index in [-0.39, 0.29) is 16.5 Å². The Labute approximate surface area is 150 Å². The van der Waals surface area contributed by atoms with Gasteiger partial charge in [0.1, 0.15) is 5.82 Å². The van der Waals surface area contributed by atoms with Gasteiger partial charge in [-0.3, -0.25) is 0 Å². The van der Waals surface area contributed by atoms with Crippen molar-refractivity contribution in [1.82, 2.24) is 15.2 Å². The van der Waals surface area contributed by atoms with E-state index in [1.54, 1.807) is 9.80 Å². The molecule has 9 heteroatoms. The molecule has 5 nitrogen and oxygen atoms in total. The molecule has 2 rings (SSSR count). The van der Waals surface area contributed by atoms with E-state index < -0.39 is 11.7 Å². The van der Waals surface area contributed by atoms with Crippen LogP contribution in [0.25, 0.3) is 0 Å². The van der Waals surface area contributed by atoms with E-state index in [1.165, 1.54) is 0 Å². The van der Waals surface area contributed by atoms with Crippen molar-refractivity contribution in [1.29, 1.82) is 0 Å². The molecule has 1 fully saturated rings. The number of alkyl halides is 3. The number of halogens is 4. The summed E-state index contributed by atoms with van der Waals surface area (Å²) in [6.45, 7) is 8.49. The van der Waals surface area contributed by atoms with E-state index in [4.69, 9.17) is 11.6 Å². The molecule has 0 spiro atoms. The van der Waals surface area contributed by atoms with E-state index in [0.717, 1.165) is 12.3 Å². The number of anilines is 1. The number of hydrogen-bond donors (Lipinski definition) is 1. The van der Waals surface area contributed by atoms with Crippen LogP contribution in [0.15, 0.2) is 12.3 Å². The highest BCUT2D eigenvalue weighted by molar-refractivity contribution is 6.33. The van der Waals surface area contributed by atoms with Gasteiger partial charge in [-0.1, -0.05) is 32.4 Å². The summed E-state index contributed by atoms with van der Waals surface area (Å²) in [6.07, 6.45) is -3.69. The van der Waals surface area contributed by atoms with Gasteiger partial charge in [-0.15, -0.1) is 0 Å². The highest BCUT2D eigenvalue weighted by Gasteiger charge is 2.32. The zero-order valence-corrected chi connectivity index (χ0v) is 15.2. The molecule has 0 radical (unpaired) electrons. The molecule has 0 unspecified atom stereocenters. The number of pyridine rings is 1. The summed E-state index contributed by atoms with van der Waals surface area (Å²) >= 11 is 5.97. The Morgan fingerprint density at radius 3 is 2.32 bits per heavy atom. The fourth-order valence-electron chi connectivity index (χ4n) is 2.39. The molecular weight excluding hydrogens is 357 g/mol. The van der Waals surface area contributed by atoms with Crippen LogP contribution in [0.2, 0.25) is 5.02 Å². The SMILES string of the molecule is CC(C)(C)CNC(=O)N1CCN(c2ncc(C(F)(F)F)cc2Cl)CC1. The number of carbonyl (C=O) groups is 1. The first-order valence-electron chi connectivity index (χ1n) is 7.98. The average Bonchev–Trinajstić information content (AvgIpc) is 2.51. The van der Waals surface area contributed by atoms with Crippen molar-refractivity contribution in [3.63, 3.8) is 0 Å². The standard InChI is InChI=1S/C16H22ClF3N4O/c1-15(2,3)10-22-14(25)24-6-4-23(5-7-24)13-12(17)8-11(9-21-13)16(18,19)20/h8-9H,4-7,10H2,1-3H3,(H,22,25). The van der Waals surface area contributed by atoms with Crippen molar-refractivity contribution in [3.8, 4) is 0 Å². The topological polar surface area (TPSA) is 48.5 Å².